The molecule has 0 amide bonds. The number of carbonyl (C=O) groups excluding carboxylic acids is 2. The molecular formula is C15H12O3. The van der Waals surface area contributed by atoms with Gasteiger partial charge in [-0.25, -0.2) is 4.79 Å². The molecule has 0 bridgehead atoms. The number of hydrogen-bond acceptors (Lipinski definition) is 3. The first-order chi connectivity index (χ1) is 8.74. The lowest BCUT2D eigenvalue weighted by Crippen LogP contribution is -1.94. The van der Waals surface area contributed by atoms with Gasteiger partial charge in [-0.15, -0.1) is 0 Å². The van der Waals surface area contributed by atoms with Crippen LogP contribution in [0, 0.1) is 0 Å². The van der Waals surface area contributed by atoms with E-state index in [0.717, 1.165) is 17.1 Å². The molecular weight excluding hydrogens is 228 g/mol. The smallest absolute Gasteiger partial charge is 0.330 e. The summed E-state index contributed by atoms with van der Waals surface area (Å²) in [5.74, 6) is -0.444. The summed E-state index contributed by atoms with van der Waals surface area (Å²) in [6, 6.07) is 11.4. The molecule has 0 aromatic heterocycles. The first-order valence-electron chi connectivity index (χ1n) is 5.48. The van der Waals surface area contributed by atoms with E-state index in [9.17, 15) is 9.59 Å². The molecule has 0 aliphatic carbocycles. The summed E-state index contributed by atoms with van der Waals surface area (Å²) in [5.41, 5.74) is 1.25. The van der Waals surface area contributed by atoms with E-state index in [-0.39, 0.29) is 0 Å². The second-order valence-electron chi connectivity index (χ2n) is 3.80. The highest BCUT2D eigenvalue weighted by Gasteiger charge is 2.02. The number of carbonyl (C=O) groups is 2. The van der Waals surface area contributed by atoms with E-state index >= 15 is 0 Å². The summed E-state index contributed by atoms with van der Waals surface area (Å²) < 4.78 is 4.52. The lowest BCUT2D eigenvalue weighted by molar-refractivity contribution is -0.134. The van der Waals surface area contributed by atoms with Crippen LogP contribution >= 0.6 is 0 Å². The Balaban J connectivity index is 2.51. The maximum atomic E-state index is 11.1. The van der Waals surface area contributed by atoms with E-state index in [4.69, 9.17) is 0 Å². The molecule has 2 aromatic rings. The Kier molecular flexibility index (Phi) is 3.53. The quantitative estimate of drug-likeness (QED) is 0.470. The Morgan fingerprint density at radius 3 is 2.28 bits per heavy atom. The molecule has 0 unspecified atom stereocenters. The van der Waals surface area contributed by atoms with Gasteiger partial charge in [0.05, 0.1) is 7.11 Å². The van der Waals surface area contributed by atoms with E-state index in [2.05, 4.69) is 4.74 Å². The van der Waals surface area contributed by atoms with Crippen molar-refractivity contribution in [2.75, 3.05) is 7.11 Å². The van der Waals surface area contributed by atoms with Gasteiger partial charge in [0.25, 0.3) is 0 Å². The van der Waals surface area contributed by atoms with Crippen LogP contribution in [0.2, 0.25) is 0 Å². The zero-order valence-corrected chi connectivity index (χ0v) is 9.92. The number of ether oxygens (including phenoxy) is 1. The standard InChI is InChI=1S/C15H12O3/c1-18-15(17)7-6-13-8-11-4-2-3-5-12(11)9-14(13)10-16/h2-10H,1H3/b7-6+. The molecule has 0 spiro atoms. The highest BCUT2D eigenvalue weighted by molar-refractivity contribution is 5.95. The molecule has 3 nitrogen and oxygen atoms in total. The lowest BCUT2D eigenvalue weighted by Gasteiger charge is -2.03. The molecule has 0 fully saturated rings. The van der Waals surface area contributed by atoms with Gasteiger partial charge in [0.15, 0.2) is 6.29 Å². The van der Waals surface area contributed by atoms with Gasteiger partial charge in [0, 0.05) is 11.6 Å². The Labute approximate surface area is 105 Å². The molecule has 0 N–H and O–H groups in total. The Hall–Kier alpha value is -2.42. The van der Waals surface area contributed by atoms with Crippen LogP contribution in [0.5, 0.6) is 0 Å². The number of rotatable bonds is 3. The van der Waals surface area contributed by atoms with E-state index in [1.165, 1.54) is 13.2 Å². The van der Waals surface area contributed by atoms with E-state index in [1.807, 2.05) is 30.3 Å². The van der Waals surface area contributed by atoms with E-state index < -0.39 is 5.97 Å². The summed E-state index contributed by atoms with van der Waals surface area (Å²) in [5, 5.41) is 2.02. The molecule has 2 aromatic carbocycles. The van der Waals surface area contributed by atoms with Crippen molar-refractivity contribution in [2.24, 2.45) is 0 Å². The maximum absolute atomic E-state index is 11.1. The minimum Gasteiger partial charge on any atom is -0.466 e. The summed E-state index contributed by atoms with van der Waals surface area (Å²) in [7, 11) is 1.31. The first kappa shape index (κ1) is 12.0. The van der Waals surface area contributed by atoms with Crippen LogP contribution in [-0.2, 0) is 9.53 Å². The molecule has 0 atom stereocenters. The van der Waals surface area contributed by atoms with Crippen molar-refractivity contribution in [2.45, 2.75) is 0 Å². The summed E-state index contributed by atoms with van der Waals surface area (Å²) in [6.45, 7) is 0. The first-order valence-corrected chi connectivity index (χ1v) is 5.48. The Morgan fingerprint density at radius 2 is 1.72 bits per heavy atom. The van der Waals surface area contributed by atoms with Crippen molar-refractivity contribution in [1.82, 2.24) is 0 Å². The van der Waals surface area contributed by atoms with Gasteiger partial charge >= 0.3 is 5.97 Å². The summed E-state index contributed by atoms with van der Waals surface area (Å²) >= 11 is 0. The van der Waals surface area contributed by atoms with Gasteiger partial charge in [-0.1, -0.05) is 24.3 Å². The molecule has 90 valence electrons. The molecule has 0 aliphatic rings. The van der Waals surface area contributed by atoms with Crippen molar-refractivity contribution in [3.05, 3.63) is 53.6 Å². The Bertz CT molecular complexity index is 627. The fraction of sp³-hybridized carbons (Fsp3) is 0.0667. The maximum Gasteiger partial charge on any atom is 0.330 e. The SMILES string of the molecule is COC(=O)/C=C/c1cc2ccccc2cc1C=O. The fourth-order valence-electron chi connectivity index (χ4n) is 1.75. The van der Waals surface area contributed by atoms with Crippen LogP contribution in [0.3, 0.4) is 0 Å². The predicted molar refractivity (Wildman–Crippen MR) is 70.4 cm³/mol. The average Bonchev–Trinajstić information content (AvgIpc) is 2.43. The fourth-order valence-corrected chi connectivity index (χ4v) is 1.75. The molecule has 18 heavy (non-hydrogen) atoms. The van der Waals surface area contributed by atoms with Crippen LogP contribution < -0.4 is 0 Å². The van der Waals surface area contributed by atoms with Crippen LogP contribution in [0.15, 0.2) is 42.5 Å². The third-order valence-electron chi connectivity index (χ3n) is 2.68. The molecule has 0 aliphatic heterocycles. The Morgan fingerprint density at radius 1 is 1.11 bits per heavy atom. The normalized spacial score (nSPS) is 10.7. The van der Waals surface area contributed by atoms with E-state index in [0.29, 0.717) is 11.1 Å². The van der Waals surface area contributed by atoms with Crippen LogP contribution in [-0.4, -0.2) is 19.4 Å². The van der Waals surface area contributed by atoms with Crippen LogP contribution in [0.4, 0.5) is 0 Å². The largest absolute Gasteiger partial charge is 0.466 e. The number of benzene rings is 2. The molecule has 0 radical (unpaired) electrons. The molecule has 2 rings (SSSR count). The van der Waals surface area contributed by atoms with Crippen molar-refractivity contribution in [1.29, 1.82) is 0 Å². The van der Waals surface area contributed by atoms with Gasteiger partial charge < -0.3 is 4.74 Å². The molecule has 0 heterocycles. The highest BCUT2D eigenvalue weighted by atomic mass is 16.5. The third kappa shape index (κ3) is 2.46. The minimum atomic E-state index is -0.444. The van der Waals surface area contributed by atoms with Crippen LogP contribution in [0.25, 0.3) is 16.8 Å². The number of hydrogen-bond donors (Lipinski definition) is 0. The zero-order chi connectivity index (χ0) is 13.0. The van der Waals surface area contributed by atoms with Crippen molar-refractivity contribution < 1.29 is 14.3 Å². The molecule has 0 saturated carbocycles. The lowest BCUT2D eigenvalue weighted by atomic mass is 10.0. The van der Waals surface area contributed by atoms with Gasteiger partial charge in [-0.05, 0) is 34.5 Å². The summed E-state index contributed by atoms with van der Waals surface area (Å²) in [4.78, 5) is 22.1. The number of fused-ring (bicyclic) bond motifs is 1. The monoisotopic (exact) mass is 240 g/mol. The second-order valence-corrected chi connectivity index (χ2v) is 3.80. The minimum absolute atomic E-state index is 0.444. The highest BCUT2D eigenvalue weighted by Crippen LogP contribution is 2.20. The second kappa shape index (κ2) is 5.27. The summed E-state index contributed by atoms with van der Waals surface area (Å²) in [6.07, 6.45) is 3.67. The number of methoxy groups -OCH3 is 1. The van der Waals surface area contributed by atoms with E-state index in [1.54, 1.807) is 12.1 Å². The van der Waals surface area contributed by atoms with Crippen molar-refractivity contribution in [3.63, 3.8) is 0 Å². The van der Waals surface area contributed by atoms with Gasteiger partial charge in [-0.3, -0.25) is 4.79 Å². The van der Waals surface area contributed by atoms with Crippen LogP contribution in [0.1, 0.15) is 15.9 Å². The molecule has 3 heteroatoms. The molecule has 0 saturated heterocycles. The van der Waals surface area contributed by atoms with Gasteiger partial charge in [0.1, 0.15) is 0 Å². The number of esters is 1. The van der Waals surface area contributed by atoms with Crippen molar-refractivity contribution in [3.8, 4) is 0 Å². The zero-order valence-electron chi connectivity index (χ0n) is 9.92. The van der Waals surface area contributed by atoms with Crippen molar-refractivity contribution >= 4 is 29.1 Å². The predicted octanol–water partition coefficient (Wildman–Crippen LogP) is 2.84. The average molecular weight is 240 g/mol. The topological polar surface area (TPSA) is 43.4 Å². The van der Waals surface area contributed by atoms with Gasteiger partial charge in [0.2, 0.25) is 0 Å². The third-order valence-corrected chi connectivity index (χ3v) is 2.68. The number of aldehydes is 1. The van der Waals surface area contributed by atoms with Gasteiger partial charge in [-0.2, -0.15) is 0 Å².